The van der Waals surface area contributed by atoms with Crippen LogP contribution in [0.3, 0.4) is 0 Å². The van der Waals surface area contributed by atoms with E-state index in [1.54, 1.807) is 32.3 Å². The summed E-state index contributed by atoms with van der Waals surface area (Å²) in [4.78, 5) is 17.7. The maximum Gasteiger partial charge on any atom is 0.267 e. The minimum Gasteiger partial charge on any atom is -0.493 e. The van der Waals surface area contributed by atoms with Crippen LogP contribution in [0.15, 0.2) is 42.5 Å². The molecule has 7 nitrogen and oxygen atoms in total. The molecular formula is C24H30N3O4+. The number of hydrogen-bond acceptors (Lipinski definition) is 4. The molecule has 0 unspecified atom stereocenters. The number of methoxy groups -OCH3 is 3. The molecule has 1 amide bonds. The lowest BCUT2D eigenvalue weighted by Gasteiger charge is -2.29. The molecular weight excluding hydrogens is 394 g/mol. The van der Waals surface area contributed by atoms with E-state index in [1.165, 1.54) is 5.56 Å². The number of quaternary nitrogens is 1. The monoisotopic (exact) mass is 424 g/mol. The third-order valence-corrected chi connectivity index (χ3v) is 6.00. The topological polar surface area (TPSA) is 77.0 Å². The number of carbonyl (C=O) groups is 1. The number of aromatic amines is 1. The van der Waals surface area contributed by atoms with E-state index in [4.69, 9.17) is 14.2 Å². The summed E-state index contributed by atoms with van der Waals surface area (Å²) in [7, 11) is 4.72. The van der Waals surface area contributed by atoms with Crippen molar-refractivity contribution in [3.05, 3.63) is 53.7 Å². The maximum atomic E-state index is 12.9. The van der Waals surface area contributed by atoms with Gasteiger partial charge in [0.05, 0.1) is 39.9 Å². The highest BCUT2D eigenvalue weighted by molar-refractivity contribution is 6.01. The molecule has 0 spiro atoms. The van der Waals surface area contributed by atoms with Crippen molar-refractivity contribution in [1.29, 1.82) is 0 Å². The zero-order valence-corrected chi connectivity index (χ0v) is 18.3. The second-order valence-electron chi connectivity index (χ2n) is 7.95. The van der Waals surface area contributed by atoms with Gasteiger partial charge in [0.25, 0.3) is 5.91 Å². The number of fused-ring (bicyclic) bond motifs is 1. The number of aromatic nitrogens is 1. The summed E-state index contributed by atoms with van der Waals surface area (Å²) in [6, 6.07) is 14.4. The number of carbonyl (C=O) groups excluding carboxylic acids is 1. The van der Waals surface area contributed by atoms with Gasteiger partial charge in [0.1, 0.15) is 12.2 Å². The summed E-state index contributed by atoms with van der Waals surface area (Å²) in [6.07, 6.45) is 1.94. The highest BCUT2D eigenvalue weighted by atomic mass is 16.5. The number of nitrogens with one attached hydrogen (secondary N) is 3. The van der Waals surface area contributed by atoms with E-state index in [0.717, 1.165) is 43.4 Å². The van der Waals surface area contributed by atoms with Crippen LogP contribution in [-0.4, -0.2) is 51.4 Å². The van der Waals surface area contributed by atoms with E-state index in [-0.39, 0.29) is 11.9 Å². The first-order chi connectivity index (χ1) is 15.1. The van der Waals surface area contributed by atoms with Gasteiger partial charge in [-0.15, -0.1) is 0 Å². The van der Waals surface area contributed by atoms with Crippen molar-refractivity contribution in [1.82, 2.24) is 10.3 Å². The molecule has 0 bridgehead atoms. The van der Waals surface area contributed by atoms with E-state index in [0.29, 0.717) is 22.9 Å². The first-order valence-corrected chi connectivity index (χ1v) is 10.6. The van der Waals surface area contributed by atoms with E-state index in [9.17, 15) is 4.79 Å². The van der Waals surface area contributed by atoms with Gasteiger partial charge in [0, 0.05) is 35.9 Å². The fourth-order valence-corrected chi connectivity index (χ4v) is 4.37. The Labute approximate surface area is 182 Å². The normalized spacial score (nSPS) is 18.5. The van der Waals surface area contributed by atoms with Crippen LogP contribution in [0.5, 0.6) is 17.2 Å². The molecule has 0 saturated carbocycles. The number of hydrogen-bond donors (Lipinski definition) is 3. The number of piperidine rings is 1. The first kappa shape index (κ1) is 21.1. The summed E-state index contributed by atoms with van der Waals surface area (Å²) >= 11 is 0. The van der Waals surface area contributed by atoms with Crippen molar-refractivity contribution < 1.29 is 23.9 Å². The molecule has 1 saturated heterocycles. The van der Waals surface area contributed by atoms with Crippen molar-refractivity contribution >= 4 is 16.8 Å². The van der Waals surface area contributed by atoms with Crippen LogP contribution in [0.25, 0.3) is 10.9 Å². The van der Waals surface area contributed by atoms with Crippen LogP contribution < -0.4 is 24.4 Å². The van der Waals surface area contributed by atoms with Gasteiger partial charge in [-0.3, -0.25) is 4.79 Å². The summed E-state index contributed by atoms with van der Waals surface area (Å²) in [5.41, 5.74) is 2.63. The molecule has 1 aliphatic heterocycles. The molecule has 7 heteroatoms. The summed E-state index contributed by atoms with van der Waals surface area (Å²) in [6.45, 7) is 3.14. The molecule has 1 aliphatic rings. The summed E-state index contributed by atoms with van der Waals surface area (Å²) in [5.74, 6) is 1.50. The van der Waals surface area contributed by atoms with Crippen LogP contribution in [0.2, 0.25) is 0 Å². The molecule has 2 heterocycles. The van der Waals surface area contributed by atoms with Gasteiger partial charge >= 0.3 is 0 Å². The highest BCUT2D eigenvalue weighted by Crippen LogP contribution is 2.43. The lowest BCUT2D eigenvalue weighted by atomic mass is 10.0. The minimum atomic E-state index is -0.104. The van der Waals surface area contributed by atoms with E-state index >= 15 is 0 Å². The van der Waals surface area contributed by atoms with Crippen molar-refractivity contribution in [2.75, 3.05) is 34.4 Å². The zero-order chi connectivity index (χ0) is 21.8. The minimum absolute atomic E-state index is 0.104. The number of benzene rings is 2. The van der Waals surface area contributed by atoms with Gasteiger partial charge in [-0.2, -0.15) is 0 Å². The lowest BCUT2D eigenvalue weighted by Crippen LogP contribution is -3.12. The van der Waals surface area contributed by atoms with Gasteiger partial charge in [0.15, 0.2) is 11.5 Å². The number of likely N-dealkylation sites (tertiary alicyclic amines) is 1. The van der Waals surface area contributed by atoms with E-state index < -0.39 is 0 Å². The first-order valence-electron chi connectivity index (χ1n) is 10.6. The fourth-order valence-electron chi connectivity index (χ4n) is 4.37. The number of H-pyrrole nitrogens is 1. The van der Waals surface area contributed by atoms with Crippen molar-refractivity contribution in [2.24, 2.45) is 0 Å². The van der Waals surface area contributed by atoms with Crippen LogP contribution in [0.4, 0.5) is 0 Å². The van der Waals surface area contributed by atoms with Crippen LogP contribution in [0.1, 0.15) is 28.9 Å². The Morgan fingerprint density at radius 2 is 1.74 bits per heavy atom. The van der Waals surface area contributed by atoms with Gasteiger partial charge in [0.2, 0.25) is 5.75 Å². The Bertz CT molecular complexity index is 1040. The molecule has 2 aromatic carbocycles. The van der Waals surface area contributed by atoms with Crippen molar-refractivity contribution in [2.45, 2.75) is 25.4 Å². The van der Waals surface area contributed by atoms with Crippen LogP contribution in [0, 0.1) is 0 Å². The molecule has 0 radical (unpaired) electrons. The summed E-state index contributed by atoms with van der Waals surface area (Å²) in [5, 5.41) is 3.97. The Kier molecular flexibility index (Phi) is 6.32. The Balaban J connectivity index is 1.42. The van der Waals surface area contributed by atoms with Crippen LogP contribution >= 0.6 is 0 Å². The second kappa shape index (κ2) is 9.31. The average Bonchev–Trinajstić information content (AvgIpc) is 3.23. The SMILES string of the molecule is COc1cc2[nH]c(C(=O)NC3CC[NH+](Cc4ccccc4)CC3)cc2c(OC)c1OC. The van der Waals surface area contributed by atoms with Gasteiger partial charge in [-0.25, -0.2) is 0 Å². The molecule has 3 N–H and O–H groups in total. The summed E-state index contributed by atoms with van der Waals surface area (Å²) < 4.78 is 16.4. The van der Waals surface area contributed by atoms with Gasteiger partial charge in [-0.1, -0.05) is 30.3 Å². The number of rotatable bonds is 7. The molecule has 0 atom stereocenters. The Morgan fingerprint density at radius 3 is 2.39 bits per heavy atom. The quantitative estimate of drug-likeness (QED) is 0.543. The third-order valence-electron chi connectivity index (χ3n) is 6.00. The van der Waals surface area contributed by atoms with Crippen molar-refractivity contribution in [3.8, 4) is 17.2 Å². The average molecular weight is 425 g/mol. The molecule has 1 aromatic heterocycles. The lowest BCUT2D eigenvalue weighted by molar-refractivity contribution is -0.918. The molecule has 164 valence electrons. The van der Waals surface area contributed by atoms with Gasteiger partial charge < -0.3 is 29.4 Å². The predicted octanol–water partition coefficient (Wildman–Crippen LogP) is 2.17. The number of ether oxygens (including phenoxy) is 3. The van der Waals surface area contributed by atoms with Crippen LogP contribution in [-0.2, 0) is 6.54 Å². The Hall–Kier alpha value is -3.19. The molecule has 1 fully saturated rings. The smallest absolute Gasteiger partial charge is 0.267 e. The van der Waals surface area contributed by atoms with Gasteiger partial charge in [-0.05, 0) is 6.07 Å². The second-order valence-corrected chi connectivity index (χ2v) is 7.95. The third kappa shape index (κ3) is 4.46. The maximum absolute atomic E-state index is 12.9. The number of amides is 1. The van der Waals surface area contributed by atoms with E-state index in [2.05, 4.69) is 34.6 Å². The highest BCUT2D eigenvalue weighted by Gasteiger charge is 2.25. The molecule has 3 aromatic rings. The molecule has 0 aliphatic carbocycles. The molecule has 4 rings (SSSR count). The van der Waals surface area contributed by atoms with E-state index in [1.807, 2.05) is 12.1 Å². The standard InChI is InChI=1S/C24H29N3O4/c1-29-21-14-19-18(22(30-2)23(21)31-3)13-20(26-19)24(28)25-17-9-11-27(12-10-17)15-16-7-5-4-6-8-16/h4-8,13-14,17,26H,9-12,15H2,1-3H3,(H,25,28)/p+1. The largest absolute Gasteiger partial charge is 0.493 e. The predicted molar refractivity (Wildman–Crippen MR) is 119 cm³/mol. The fraction of sp³-hybridized carbons (Fsp3) is 0.375. The Morgan fingerprint density at radius 1 is 1.03 bits per heavy atom. The molecule has 31 heavy (non-hydrogen) atoms. The zero-order valence-electron chi connectivity index (χ0n) is 18.3. The van der Waals surface area contributed by atoms with Crippen molar-refractivity contribution in [3.63, 3.8) is 0 Å².